The maximum absolute atomic E-state index is 13.8. The van der Waals surface area contributed by atoms with Crippen LogP contribution in [0.5, 0.6) is 11.5 Å². The first-order chi connectivity index (χ1) is 11.5. The van der Waals surface area contributed by atoms with Gasteiger partial charge in [0.25, 0.3) is 0 Å². The van der Waals surface area contributed by atoms with E-state index in [1.165, 1.54) is 11.3 Å². The summed E-state index contributed by atoms with van der Waals surface area (Å²) in [5.41, 5.74) is 5.73. The summed E-state index contributed by atoms with van der Waals surface area (Å²) in [4.78, 5) is 14.2. The Labute approximate surface area is 140 Å². The van der Waals surface area contributed by atoms with Crippen molar-refractivity contribution in [1.82, 2.24) is 4.90 Å². The van der Waals surface area contributed by atoms with Crippen LogP contribution >= 0.6 is 11.3 Å². The van der Waals surface area contributed by atoms with Crippen molar-refractivity contribution >= 4 is 17.2 Å². The molecule has 2 aromatic rings. The number of thiophene rings is 1. The van der Waals surface area contributed by atoms with Gasteiger partial charge in [0.2, 0.25) is 17.4 Å². The average Bonchev–Trinajstić information content (AvgIpc) is 3.16. The number of ether oxygens (including phenoxy) is 2. The molecule has 8 heteroatoms. The zero-order valence-corrected chi connectivity index (χ0v) is 13.3. The molecule has 2 aliphatic rings. The Morgan fingerprint density at radius 3 is 2.29 bits per heavy atom. The van der Waals surface area contributed by atoms with Gasteiger partial charge in [0.05, 0.1) is 5.56 Å². The van der Waals surface area contributed by atoms with Gasteiger partial charge in [-0.25, -0.2) is 8.78 Å². The fourth-order valence-electron chi connectivity index (χ4n) is 3.02. The number of hydrogen-bond acceptors (Lipinski definition) is 5. The van der Waals surface area contributed by atoms with Gasteiger partial charge in [0.15, 0.2) is 11.6 Å². The highest BCUT2D eigenvalue weighted by atomic mass is 32.1. The normalized spacial score (nSPS) is 22.4. The molecule has 1 aromatic heterocycles. The van der Waals surface area contributed by atoms with E-state index in [1.54, 1.807) is 11.4 Å². The van der Waals surface area contributed by atoms with E-state index in [-0.39, 0.29) is 23.7 Å². The number of hydrogen-bond donors (Lipinski definition) is 1. The molecule has 1 saturated heterocycles. The third-order valence-electron chi connectivity index (χ3n) is 4.16. The van der Waals surface area contributed by atoms with Crippen LogP contribution in [-0.2, 0) is 6.54 Å². The van der Waals surface area contributed by atoms with Crippen LogP contribution < -0.4 is 15.2 Å². The van der Waals surface area contributed by atoms with Crippen LogP contribution in [0, 0.1) is 11.6 Å². The molecule has 0 saturated carbocycles. The van der Waals surface area contributed by atoms with Gasteiger partial charge in [0, 0.05) is 29.9 Å². The number of fused-ring (bicyclic) bond motifs is 2. The maximum atomic E-state index is 13.8. The molecule has 0 unspecified atom stereocenters. The van der Waals surface area contributed by atoms with Gasteiger partial charge in [-0.15, -0.1) is 11.3 Å². The Balaban J connectivity index is 1.48. The molecule has 126 valence electrons. The van der Waals surface area contributed by atoms with Gasteiger partial charge < -0.3 is 15.2 Å². The largest absolute Gasteiger partial charge is 0.478 e. The third kappa shape index (κ3) is 2.61. The molecular formula is C16H14F2N2O3S. The van der Waals surface area contributed by atoms with Gasteiger partial charge in [-0.2, -0.15) is 0 Å². The Morgan fingerprint density at radius 1 is 1.21 bits per heavy atom. The lowest BCUT2D eigenvalue weighted by Gasteiger charge is -2.28. The lowest BCUT2D eigenvalue weighted by atomic mass is 10.2. The van der Waals surface area contributed by atoms with E-state index in [1.807, 2.05) is 0 Å². The Bertz CT molecular complexity index is 772. The van der Waals surface area contributed by atoms with Gasteiger partial charge >= 0.3 is 0 Å². The fourth-order valence-corrected chi connectivity index (χ4v) is 3.94. The topological polar surface area (TPSA) is 64.8 Å². The van der Waals surface area contributed by atoms with Crippen LogP contribution in [0.1, 0.15) is 15.2 Å². The summed E-state index contributed by atoms with van der Waals surface area (Å²) < 4.78 is 38.9. The van der Waals surface area contributed by atoms with Gasteiger partial charge in [-0.05, 0) is 18.2 Å². The first-order valence-electron chi connectivity index (χ1n) is 7.42. The van der Waals surface area contributed by atoms with Crippen molar-refractivity contribution in [2.24, 2.45) is 5.73 Å². The summed E-state index contributed by atoms with van der Waals surface area (Å²) in [6, 6.07) is 3.81. The second kappa shape index (κ2) is 5.71. The predicted octanol–water partition coefficient (Wildman–Crippen LogP) is 2.15. The summed E-state index contributed by atoms with van der Waals surface area (Å²) in [5, 5.41) is 1.72. The zero-order valence-electron chi connectivity index (χ0n) is 12.5. The average molecular weight is 352 g/mol. The molecule has 4 rings (SSSR count). The number of primary amides is 1. The Morgan fingerprint density at radius 2 is 1.79 bits per heavy atom. The van der Waals surface area contributed by atoms with Gasteiger partial charge in [-0.3, -0.25) is 9.69 Å². The number of benzene rings is 1. The van der Waals surface area contributed by atoms with E-state index in [2.05, 4.69) is 4.90 Å². The fraction of sp³-hybridized carbons (Fsp3) is 0.312. The van der Waals surface area contributed by atoms with E-state index in [9.17, 15) is 13.6 Å². The quantitative estimate of drug-likeness (QED) is 0.919. The first-order valence-corrected chi connectivity index (χ1v) is 8.30. The summed E-state index contributed by atoms with van der Waals surface area (Å²) in [5.74, 6) is -2.04. The van der Waals surface area contributed by atoms with Crippen molar-refractivity contribution in [2.75, 3.05) is 13.1 Å². The number of likely N-dealkylation sites (tertiary alicyclic amines) is 1. The van der Waals surface area contributed by atoms with Crippen LogP contribution in [0.2, 0.25) is 0 Å². The minimum absolute atomic E-state index is 0.162. The summed E-state index contributed by atoms with van der Waals surface area (Å²) in [6.07, 6.45) is -0.714. The second-order valence-corrected chi connectivity index (χ2v) is 6.86. The minimum atomic E-state index is -0.632. The summed E-state index contributed by atoms with van der Waals surface area (Å²) in [6.45, 7) is 1.66. The van der Waals surface area contributed by atoms with Crippen LogP contribution in [0.25, 0.3) is 0 Å². The first kappa shape index (κ1) is 15.3. The number of nitrogens with two attached hydrogens (primary N) is 1. The number of carbonyl (C=O) groups is 1. The van der Waals surface area contributed by atoms with E-state index in [0.717, 1.165) is 17.0 Å². The molecule has 24 heavy (non-hydrogen) atoms. The highest BCUT2D eigenvalue weighted by molar-refractivity contribution is 7.10. The highest BCUT2D eigenvalue weighted by Crippen LogP contribution is 2.40. The minimum Gasteiger partial charge on any atom is -0.478 e. The molecular weight excluding hydrogens is 338 g/mol. The molecule has 2 N–H and O–H groups in total. The monoisotopic (exact) mass is 352 g/mol. The lowest BCUT2D eigenvalue weighted by Crippen LogP contribution is -2.39. The lowest BCUT2D eigenvalue weighted by molar-refractivity contribution is 0.0467. The molecule has 2 aliphatic heterocycles. The van der Waals surface area contributed by atoms with Gasteiger partial charge in [0.1, 0.15) is 12.2 Å². The van der Waals surface area contributed by atoms with E-state index >= 15 is 0 Å². The number of carbonyl (C=O) groups excluding carboxylic acids is 1. The van der Waals surface area contributed by atoms with Crippen LogP contribution in [-0.4, -0.2) is 36.1 Å². The number of nitrogens with zero attached hydrogens (tertiary/aromatic N) is 1. The Kier molecular flexibility index (Phi) is 3.65. The molecule has 0 spiro atoms. The van der Waals surface area contributed by atoms with Crippen molar-refractivity contribution in [2.45, 2.75) is 18.8 Å². The standard InChI is InChI=1S/C16H14F2N2O3S/c17-10-1-2-11(18)15-14(10)22-12-5-20(6-13(12)23-15)4-9-3-8(7-24-9)16(19)21/h1-3,7,12-13H,4-6H2,(H2,19,21)/t12-,13+. The molecule has 1 amide bonds. The third-order valence-corrected chi connectivity index (χ3v) is 5.08. The molecule has 2 atom stereocenters. The van der Waals surface area contributed by atoms with E-state index in [0.29, 0.717) is 25.2 Å². The highest BCUT2D eigenvalue weighted by Gasteiger charge is 2.42. The molecule has 1 aromatic carbocycles. The molecule has 3 heterocycles. The van der Waals surface area contributed by atoms with Crippen molar-refractivity contribution in [3.63, 3.8) is 0 Å². The predicted molar refractivity (Wildman–Crippen MR) is 83.3 cm³/mol. The zero-order chi connectivity index (χ0) is 16.8. The van der Waals surface area contributed by atoms with E-state index in [4.69, 9.17) is 15.2 Å². The van der Waals surface area contributed by atoms with Crippen molar-refractivity contribution in [3.8, 4) is 11.5 Å². The van der Waals surface area contributed by atoms with Crippen LogP contribution in [0.4, 0.5) is 8.78 Å². The van der Waals surface area contributed by atoms with Crippen LogP contribution in [0.3, 0.4) is 0 Å². The van der Waals surface area contributed by atoms with Crippen LogP contribution in [0.15, 0.2) is 23.6 Å². The van der Waals surface area contributed by atoms with Crippen molar-refractivity contribution in [1.29, 1.82) is 0 Å². The molecule has 5 nitrogen and oxygen atoms in total. The number of rotatable bonds is 3. The van der Waals surface area contributed by atoms with Crippen molar-refractivity contribution in [3.05, 3.63) is 45.7 Å². The summed E-state index contributed by atoms with van der Waals surface area (Å²) in [7, 11) is 0. The second-order valence-electron chi connectivity index (χ2n) is 5.86. The number of halogens is 2. The number of amides is 1. The molecule has 0 radical (unpaired) electrons. The SMILES string of the molecule is NC(=O)c1csc(CN2C[C@@H]3Oc4c(F)ccc(F)c4O[C@@H]3C2)c1. The Hall–Kier alpha value is -2.19. The van der Waals surface area contributed by atoms with Crippen molar-refractivity contribution < 1.29 is 23.0 Å². The smallest absolute Gasteiger partial charge is 0.249 e. The maximum Gasteiger partial charge on any atom is 0.249 e. The molecule has 1 fully saturated rings. The van der Waals surface area contributed by atoms with E-state index < -0.39 is 17.5 Å². The summed E-state index contributed by atoms with van der Waals surface area (Å²) >= 11 is 1.45. The molecule has 0 aliphatic carbocycles. The van der Waals surface area contributed by atoms with Gasteiger partial charge in [-0.1, -0.05) is 0 Å². The molecule has 0 bridgehead atoms.